The summed E-state index contributed by atoms with van der Waals surface area (Å²) in [5.74, 6) is -0.854. The zero-order valence-electron chi connectivity index (χ0n) is 21.6. The lowest BCUT2D eigenvalue weighted by molar-refractivity contribution is -0.121. The van der Waals surface area contributed by atoms with Gasteiger partial charge in [0.1, 0.15) is 5.58 Å². The Labute approximate surface area is 261 Å². The predicted octanol–water partition coefficient (Wildman–Crippen LogP) is 7.17. The minimum absolute atomic E-state index is 0.0620. The van der Waals surface area contributed by atoms with Crippen LogP contribution in [0.25, 0.3) is 11.0 Å². The van der Waals surface area contributed by atoms with E-state index in [9.17, 15) is 14.4 Å². The van der Waals surface area contributed by atoms with Crippen LogP contribution < -0.4 is 15.2 Å². The fraction of sp³-hybridized carbons (Fsp3) is 0.138. The second kappa shape index (κ2) is 10.1. The number of hydrogen-bond donors (Lipinski definition) is 0. The molecule has 210 valence electrons. The lowest BCUT2D eigenvalue weighted by Gasteiger charge is -2.31. The smallest absolute Gasteiger partial charge is 0.297 e. The SMILES string of the molecule is CCN1C(=O)C2(c3ccccc31)c1c(oc3ccc(Cl)cc3c1=O)C(=O)N2c1nnc(SCc2ccc(Cl)cc2Cl)s1. The molecule has 0 radical (unpaired) electrons. The summed E-state index contributed by atoms with van der Waals surface area (Å²) < 4.78 is 6.60. The number of amides is 2. The zero-order chi connectivity index (χ0) is 29.3. The Morgan fingerprint density at radius 1 is 0.976 bits per heavy atom. The summed E-state index contributed by atoms with van der Waals surface area (Å²) in [7, 11) is 0. The van der Waals surface area contributed by atoms with E-state index in [2.05, 4.69) is 10.2 Å². The Morgan fingerprint density at radius 3 is 2.52 bits per heavy atom. The Balaban J connectivity index is 1.42. The maximum absolute atomic E-state index is 14.5. The second-order valence-electron chi connectivity index (χ2n) is 9.57. The van der Waals surface area contributed by atoms with Gasteiger partial charge < -0.3 is 9.32 Å². The second-order valence-corrected chi connectivity index (χ2v) is 13.0. The van der Waals surface area contributed by atoms with Crippen LogP contribution in [0.5, 0.6) is 0 Å². The van der Waals surface area contributed by atoms with Crippen LogP contribution in [0.2, 0.25) is 15.1 Å². The quantitative estimate of drug-likeness (QED) is 0.146. The Kier molecular flexibility index (Phi) is 6.59. The van der Waals surface area contributed by atoms with Gasteiger partial charge in [0, 0.05) is 32.9 Å². The highest BCUT2D eigenvalue weighted by molar-refractivity contribution is 8.00. The molecule has 1 unspecified atom stereocenters. The summed E-state index contributed by atoms with van der Waals surface area (Å²) >= 11 is 21.1. The largest absolute Gasteiger partial charge is 0.450 e. The lowest BCUT2D eigenvalue weighted by atomic mass is 9.84. The monoisotopic (exact) mass is 654 g/mol. The predicted molar refractivity (Wildman–Crippen MR) is 165 cm³/mol. The van der Waals surface area contributed by atoms with Crippen LogP contribution in [0.1, 0.15) is 34.2 Å². The van der Waals surface area contributed by atoms with Crippen molar-refractivity contribution in [1.82, 2.24) is 10.2 Å². The highest BCUT2D eigenvalue weighted by atomic mass is 35.5. The molecule has 4 heterocycles. The average Bonchev–Trinajstić information content (AvgIpc) is 3.61. The van der Waals surface area contributed by atoms with E-state index in [0.29, 0.717) is 43.0 Å². The molecule has 0 saturated carbocycles. The fourth-order valence-electron chi connectivity index (χ4n) is 5.58. The average molecular weight is 656 g/mol. The third-order valence-corrected chi connectivity index (χ3v) is 10.3. The van der Waals surface area contributed by atoms with Gasteiger partial charge in [0.15, 0.2) is 15.3 Å². The standard InChI is InChI=1S/C29H17Cl3N4O4S2/c1-2-35-20-6-4-3-5-18(20)29(26(35)39)22-23(37)17-11-15(30)9-10-21(17)40-24(22)25(38)36(29)27-33-34-28(42-27)41-13-14-7-8-16(31)12-19(14)32/h3-12H,2,13H2,1H3. The van der Waals surface area contributed by atoms with Crippen LogP contribution in [0.3, 0.4) is 0 Å². The molecule has 1 atom stereocenters. The molecule has 42 heavy (non-hydrogen) atoms. The van der Waals surface area contributed by atoms with Crippen molar-refractivity contribution < 1.29 is 14.0 Å². The van der Waals surface area contributed by atoms with Gasteiger partial charge in [-0.15, -0.1) is 10.2 Å². The minimum Gasteiger partial charge on any atom is -0.450 e. The van der Waals surface area contributed by atoms with Gasteiger partial charge in [0.2, 0.25) is 10.9 Å². The van der Waals surface area contributed by atoms with Crippen molar-refractivity contribution in [2.75, 3.05) is 16.3 Å². The number of nitrogens with zero attached hydrogens (tertiary/aromatic N) is 4. The van der Waals surface area contributed by atoms with Gasteiger partial charge in [-0.3, -0.25) is 19.3 Å². The number of hydrogen-bond acceptors (Lipinski definition) is 8. The van der Waals surface area contributed by atoms with Crippen LogP contribution in [0, 0.1) is 0 Å². The van der Waals surface area contributed by atoms with Crippen molar-refractivity contribution in [3.63, 3.8) is 0 Å². The van der Waals surface area contributed by atoms with E-state index in [4.69, 9.17) is 39.2 Å². The number of aromatic nitrogens is 2. The molecule has 0 N–H and O–H groups in total. The van der Waals surface area contributed by atoms with Crippen molar-refractivity contribution in [1.29, 1.82) is 0 Å². The highest BCUT2D eigenvalue weighted by Gasteiger charge is 2.66. The number of halogens is 3. The van der Waals surface area contributed by atoms with E-state index >= 15 is 0 Å². The van der Waals surface area contributed by atoms with Crippen molar-refractivity contribution >= 4 is 91.5 Å². The van der Waals surface area contributed by atoms with Gasteiger partial charge in [-0.05, 0) is 48.9 Å². The molecular weight excluding hydrogens is 639 g/mol. The summed E-state index contributed by atoms with van der Waals surface area (Å²) in [6, 6.07) is 17.0. The number of fused-ring (bicyclic) bond motifs is 5. The highest BCUT2D eigenvalue weighted by Crippen LogP contribution is 2.54. The molecule has 2 amide bonds. The first-order valence-corrected chi connectivity index (χ1v) is 15.6. The van der Waals surface area contributed by atoms with E-state index in [-0.39, 0.29) is 27.4 Å². The van der Waals surface area contributed by atoms with E-state index in [1.807, 2.05) is 13.0 Å². The number of para-hydroxylation sites is 1. The van der Waals surface area contributed by atoms with E-state index in [0.717, 1.165) is 16.9 Å². The van der Waals surface area contributed by atoms with Crippen molar-refractivity contribution in [3.8, 4) is 0 Å². The van der Waals surface area contributed by atoms with Gasteiger partial charge in [0.25, 0.3) is 11.8 Å². The van der Waals surface area contributed by atoms with Gasteiger partial charge in [-0.25, -0.2) is 0 Å². The van der Waals surface area contributed by atoms with E-state index in [1.54, 1.807) is 47.4 Å². The maximum atomic E-state index is 14.5. The van der Waals surface area contributed by atoms with Gasteiger partial charge in [-0.1, -0.05) is 82.2 Å². The Morgan fingerprint density at radius 2 is 1.74 bits per heavy atom. The normalized spacial score (nSPS) is 17.5. The number of benzene rings is 3. The molecule has 2 aliphatic heterocycles. The van der Waals surface area contributed by atoms with Gasteiger partial charge >= 0.3 is 0 Å². The molecule has 1 spiro atoms. The van der Waals surface area contributed by atoms with E-state index < -0.39 is 22.8 Å². The number of carbonyl (C=O) groups excluding carboxylic acids is 2. The Bertz CT molecular complexity index is 2030. The molecule has 0 aliphatic carbocycles. The Hall–Kier alpha value is -3.41. The first kappa shape index (κ1) is 27.4. The van der Waals surface area contributed by atoms with Crippen LogP contribution in [-0.4, -0.2) is 28.6 Å². The van der Waals surface area contributed by atoms with Crippen LogP contribution in [0.4, 0.5) is 10.8 Å². The fourth-order valence-corrected chi connectivity index (χ4v) is 8.20. The van der Waals surface area contributed by atoms with Gasteiger partial charge in [0.05, 0.1) is 16.6 Å². The van der Waals surface area contributed by atoms with Gasteiger partial charge in [-0.2, -0.15) is 0 Å². The topological polar surface area (TPSA) is 96.6 Å². The first-order valence-electron chi connectivity index (χ1n) is 12.7. The molecule has 8 nitrogen and oxygen atoms in total. The van der Waals surface area contributed by atoms with Crippen LogP contribution in [0.15, 0.2) is 74.2 Å². The number of rotatable bonds is 5. The number of thioether (sulfide) groups is 1. The molecule has 0 bridgehead atoms. The third kappa shape index (κ3) is 3.86. The van der Waals surface area contributed by atoms with Crippen molar-refractivity contribution in [3.05, 3.63) is 108 Å². The molecule has 2 aromatic heterocycles. The summed E-state index contributed by atoms with van der Waals surface area (Å²) in [6.45, 7) is 2.15. The number of likely N-dealkylation sites (N-methyl/N-ethyl adjacent to an activating group) is 1. The summed E-state index contributed by atoms with van der Waals surface area (Å²) in [6.07, 6.45) is 0. The molecule has 5 aromatic rings. The molecule has 7 rings (SSSR count). The lowest BCUT2D eigenvalue weighted by Crippen LogP contribution is -2.53. The molecule has 0 fully saturated rings. The molecule has 13 heteroatoms. The molecule has 2 aliphatic rings. The summed E-state index contributed by atoms with van der Waals surface area (Å²) in [5, 5.41) is 10.3. The molecule has 3 aromatic carbocycles. The van der Waals surface area contributed by atoms with Crippen molar-refractivity contribution in [2.24, 2.45) is 0 Å². The third-order valence-electron chi connectivity index (χ3n) is 7.36. The first-order chi connectivity index (χ1) is 20.2. The number of anilines is 2. The molecule has 0 saturated heterocycles. The van der Waals surface area contributed by atoms with Crippen LogP contribution in [-0.2, 0) is 16.1 Å². The summed E-state index contributed by atoms with van der Waals surface area (Å²) in [5.41, 5.74) is -0.296. The van der Waals surface area contributed by atoms with Crippen molar-refractivity contribution in [2.45, 2.75) is 22.6 Å². The summed E-state index contributed by atoms with van der Waals surface area (Å²) in [4.78, 5) is 45.8. The molecular formula is C29H17Cl3N4O4S2. The maximum Gasteiger partial charge on any atom is 0.297 e. The minimum atomic E-state index is -1.84. The zero-order valence-corrected chi connectivity index (χ0v) is 25.5. The number of carbonyl (C=O) groups is 2. The van der Waals surface area contributed by atoms with E-state index in [1.165, 1.54) is 28.8 Å². The van der Waals surface area contributed by atoms with Crippen LogP contribution >= 0.6 is 57.9 Å².